The van der Waals surface area contributed by atoms with Crippen LogP contribution in [0.2, 0.25) is 0 Å². The highest BCUT2D eigenvalue weighted by Gasteiger charge is 2.60. The number of hydrogen-bond donors (Lipinski definition) is 1. The second-order valence-corrected chi connectivity index (χ2v) is 10.3. The van der Waals surface area contributed by atoms with Crippen LogP contribution in [0.3, 0.4) is 0 Å². The molecular formula is C29H37N3O4. The molecule has 0 aliphatic carbocycles. The fourth-order valence-electron chi connectivity index (χ4n) is 6.28. The van der Waals surface area contributed by atoms with Crippen LogP contribution in [0.1, 0.15) is 55.7 Å². The maximum absolute atomic E-state index is 14.4. The second kappa shape index (κ2) is 10.6. The van der Waals surface area contributed by atoms with Gasteiger partial charge in [0.2, 0.25) is 11.8 Å². The molecule has 2 amide bonds. The first-order valence-corrected chi connectivity index (χ1v) is 13.3. The minimum absolute atomic E-state index is 0.0293. The summed E-state index contributed by atoms with van der Waals surface area (Å²) in [7, 11) is 1.80. The van der Waals surface area contributed by atoms with Gasteiger partial charge in [-0.05, 0) is 61.6 Å². The molecule has 4 bridgehead atoms. The molecule has 2 atom stereocenters. The molecule has 0 unspecified atom stereocenters. The highest BCUT2D eigenvalue weighted by Crippen LogP contribution is 2.56. The van der Waals surface area contributed by atoms with Crippen LogP contribution in [0.15, 0.2) is 48.5 Å². The van der Waals surface area contributed by atoms with E-state index in [9.17, 15) is 9.59 Å². The van der Waals surface area contributed by atoms with Gasteiger partial charge in [-0.3, -0.25) is 14.5 Å². The summed E-state index contributed by atoms with van der Waals surface area (Å²) in [6.07, 6.45) is 5.35. The Hall–Kier alpha value is -2.90. The van der Waals surface area contributed by atoms with Crippen molar-refractivity contribution in [1.82, 2.24) is 9.80 Å². The van der Waals surface area contributed by atoms with Gasteiger partial charge in [0.15, 0.2) is 0 Å². The monoisotopic (exact) mass is 491 g/mol. The Balaban J connectivity index is 1.58. The van der Waals surface area contributed by atoms with Gasteiger partial charge in [-0.15, -0.1) is 0 Å². The van der Waals surface area contributed by atoms with Gasteiger partial charge in [0.05, 0.1) is 18.1 Å². The predicted octanol–water partition coefficient (Wildman–Crippen LogP) is 3.51. The van der Waals surface area contributed by atoms with Crippen molar-refractivity contribution in [3.05, 3.63) is 59.7 Å². The minimum atomic E-state index is -0.733. The molecule has 7 nitrogen and oxygen atoms in total. The van der Waals surface area contributed by atoms with Gasteiger partial charge in [0, 0.05) is 32.4 Å². The third-order valence-corrected chi connectivity index (χ3v) is 8.08. The average Bonchev–Trinajstić information content (AvgIpc) is 3.38. The van der Waals surface area contributed by atoms with Crippen molar-refractivity contribution >= 4 is 17.5 Å². The maximum atomic E-state index is 14.4. The van der Waals surface area contributed by atoms with Crippen molar-refractivity contribution < 1.29 is 19.4 Å². The normalized spacial score (nSPS) is 24.3. The molecule has 7 heteroatoms. The summed E-state index contributed by atoms with van der Waals surface area (Å²) >= 11 is 0. The van der Waals surface area contributed by atoms with Crippen molar-refractivity contribution in [2.75, 3.05) is 51.3 Å². The van der Waals surface area contributed by atoms with E-state index in [0.717, 1.165) is 74.2 Å². The summed E-state index contributed by atoms with van der Waals surface area (Å²) in [6, 6.07) is 16.1. The number of anilines is 1. The third kappa shape index (κ3) is 4.39. The van der Waals surface area contributed by atoms with Gasteiger partial charge in [0.25, 0.3) is 0 Å². The Morgan fingerprint density at radius 2 is 1.86 bits per heavy atom. The molecule has 192 valence electrons. The summed E-state index contributed by atoms with van der Waals surface area (Å²) in [5.41, 5.74) is 2.25. The lowest BCUT2D eigenvalue weighted by Crippen LogP contribution is -2.48. The van der Waals surface area contributed by atoms with E-state index in [4.69, 9.17) is 9.84 Å². The standard InChI is InChI=1S/C29H37N3O4/c1-30-15-9-19-36-23-11-8-10-22(20-23)27-29(14-17-31(27)16-6-2-3-7-18-33)24-12-4-5-13-25(24)32(28(29)35)21-26(30)34/h4-5,8,10-13,20,27,33H,2-3,6-7,9,14-19,21H2,1H3/t27-,29+/m0/s1. The molecule has 1 spiro atoms. The zero-order valence-corrected chi connectivity index (χ0v) is 21.2. The first-order chi connectivity index (χ1) is 17.6. The van der Waals surface area contributed by atoms with Crippen LogP contribution in [0, 0.1) is 0 Å². The van der Waals surface area contributed by atoms with Gasteiger partial charge < -0.3 is 19.6 Å². The fraction of sp³-hybridized carbons (Fsp3) is 0.517. The molecule has 5 rings (SSSR count). The first-order valence-electron chi connectivity index (χ1n) is 13.3. The number of para-hydroxylation sites is 1. The number of hydrogen-bond acceptors (Lipinski definition) is 5. The summed E-state index contributed by atoms with van der Waals surface area (Å²) < 4.78 is 6.08. The van der Waals surface area contributed by atoms with Crippen LogP contribution < -0.4 is 9.64 Å². The van der Waals surface area contributed by atoms with E-state index >= 15 is 0 Å². The van der Waals surface area contributed by atoms with Crippen LogP contribution in [-0.2, 0) is 15.0 Å². The Morgan fingerprint density at radius 1 is 1.03 bits per heavy atom. The van der Waals surface area contributed by atoms with Gasteiger partial charge in [-0.25, -0.2) is 0 Å². The zero-order chi connectivity index (χ0) is 25.1. The molecule has 1 N–H and O–H groups in total. The van der Waals surface area contributed by atoms with E-state index in [2.05, 4.69) is 23.1 Å². The van der Waals surface area contributed by atoms with Crippen molar-refractivity contribution in [3.63, 3.8) is 0 Å². The highest BCUT2D eigenvalue weighted by atomic mass is 16.5. The molecule has 0 aromatic heterocycles. The van der Waals surface area contributed by atoms with Crippen LogP contribution in [-0.4, -0.2) is 73.2 Å². The molecular weight excluding hydrogens is 454 g/mol. The minimum Gasteiger partial charge on any atom is -0.494 e. The quantitative estimate of drug-likeness (QED) is 0.626. The number of carbonyl (C=O) groups excluding carboxylic acids is 2. The highest BCUT2D eigenvalue weighted by molar-refractivity contribution is 6.11. The summed E-state index contributed by atoms with van der Waals surface area (Å²) in [5, 5.41) is 9.13. The number of benzene rings is 2. The van der Waals surface area contributed by atoms with Gasteiger partial charge in [-0.1, -0.05) is 43.2 Å². The molecule has 3 heterocycles. The third-order valence-electron chi connectivity index (χ3n) is 8.08. The van der Waals surface area contributed by atoms with Crippen LogP contribution in [0.5, 0.6) is 5.75 Å². The summed E-state index contributed by atoms with van der Waals surface area (Å²) in [4.78, 5) is 33.4. The summed E-state index contributed by atoms with van der Waals surface area (Å²) in [5.74, 6) is 0.779. The lowest BCUT2D eigenvalue weighted by atomic mass is 9.72. The number of carbonyl (C=O) groups is 2. The number of likely N-dealkylation sites (N-methyl/N-ethyl adjacent to an activating group) is 1. The SMILES string of the molecule is CN1CCCOc2cccc(c2)[C@@H]2N(CCCCCCO)CC[C@]23C(=O)N(CC1=O)c1ccccc13. The number of nitrogens with zero attached hydrogens (tertiary/aromatic N) is 3. The number of likely N-dealkylation sites (tertiary alicyclic amines) is 1. The number of unbranched alkanes of at least 4 members (excludes halogenated alkanes) is 3. The number of aliphatic hydroxyl groups is 1. The van der Waals surface area contributed by atoms with E-state index in [-0.39, 0.29) is 31.0 Å². The molecule has 2 aromatic rings. The molecule has 0 saturated carbocycles. The van der Waals surface area contributed by atoms with Crippen molar-refractivity contribution in [1.29, 1.82) is 0 Å². The molecule has 2 aromatic carbocycles. The predicted molar refractivity (Wildman–Crippen MR) is 139 cm³/mol. The molecule has 0 radical (unpaired) electrons. The van der Waals surface area contributed by atoms with Crippen LogP contribution in [0.4, 0.5) is 5.69 Å². The number of amides is 2. The zero-order valence-electron chi connectivity index (χ0n) is 21.2. The fourth-order valence-corrected chi connectivity index (χ4v) is 6.28. The van der Waals surface area contributed by atoms with E-state index in [1.165, 1.54) is 0 Å². The van der Waals surface area contributed by atoms with Crippen LogP contribution in [0.25, 0.3) is 0 Å². The Bertz CT molecular complexity index is 1110. The first kappa shape index (κ1) is 24.8. The van der Waals surface area contributed by atoms with Crippen molar-refractivity contribution in [2.45, 2.75) is 50.0 Å². The molecule has 1 saturated heterocycles. The average molecular weight is 492 g/mol. The smallest absolute Gasteiger partial charge is 0.242 e. The number of ether oxygens (including phenoxy) is 1. The lowest BCUT2D eigenvalue weighted by Gasteiger charge is -2.35. The van der Waals surface area contributed by atoms with Gasteiger partial charge in [0.1, 0.15) is 12.3 Å². The van der Waals surface area contributed by atoms with Crippen molar-refractivity contribution in [3.8, 4) is 5.75 Å². The van der Waals surface area contributed by atoms with Crippen molar-refractivity contribution in [2.24, 2.45) is 0 Å². The van der Waals surface area contributed by atoms with Crippen LogP contribution >= 0.6 is 0 Å². The molecule has 1 fully saturated rings. The van der Waals surface area contributed by atoms with Gasteiger partial charge >= 0.3 is 0 Å². The van der Waals surface area contributed by atoms with E-state index < -0.39 is 5.41 Å². The number of aliphatic hydroxyl groups excluding tert-OH is 1. The number of fused-ring (bicyclic) bond motifs is 6. The van der Waals surface area contributed by atoms with E-state index in [0.29, 0.717) is 13.2 Å². The topological polar surface area (TPSA) is 73.3 Å². The molecule has 3 aliphatic heterocycles. The molecule has 36 heavy (non-hydrogen) atoms. The van der Waals surface area contributed by atoms with Gasteiger partial charge in [-0.2, -0.15) is 0 Å². The summed E-state index contributed by atoms with van der Waals surface area (Å²) in [6.45, 7) is 3.12. The maximum Gasteiger partial charge on any atom is 0.242 e. The second-order valence-electron chi connectivity index (χ2n) is 10.3. The Morgan fingerprint density at radius 3 is 2.72 bits per heavy atom. The largest absolute Gasteiger partial charge is 0.494 e. The van der Waals surface area contributed by atoms with E-state index in [1.807, 2.05) is 30.3 Å². The van der Waals surface area contributed by atoms with E-state index in [1.54, 1.807) is 16.8 Å². The Labute approximate surface area is 213 Å². The lowest BCUT2D eigenvalue weighted by molar-refractivity contribution is -0.131. The Kier molecular flexibility index (Phi) is 7.30. The molecule has 3 aliphatic rings. The number of rotatable bonds is 6.